The lowest BCUT2D eigenvalue weighted by molar-refractivity contribution is 0.194. The van der Waals surface area contributed by atoms with E-state index in [9.17, 15) is 14.3 Å². The molecule has 2 N–H and O–H groups in total. The second kappa shape index (κ2) is 8.12. The van der Waals surface area contributed by atoms with Gasteiger partial charge in [-0.3, -0.25) is 4.79 Å². The zero-order chi connectivity index (χ0) is 22.2. The standard InChI is InChI=1S/C22H22FN7O2/c1-13(31)9-15-6-7-24-21(27-15)18-12-25-19-4-5-20(28-30(18)19)29-8-2-3-17(29)16-10-14(23)11-26-22(16)32/h4-7,10-13,17,31H,2-3,8-9H2,1H3,(H,26,32)/t13-,17-/m1/s1. The number of nitrogens with zero attached hydrogens (tertiary/aromatic N) is 6. The molecule has 2 atom stereocenters. The Morgan fingerprint density at radius 3 is 3.03 bits per heavy atom. The number of imidazole rings is 1. The molecule has 1 saturated heterocycles. The molecule has 1 aliphatic rings. The van der Waals surface area contributed by atoms with E-state index in [4.69, 9.17) is 5.10 Å². The zero-order valence-corrected chi connectivity index (χ0v) is 17.4. The molecule has 0 radical (unpaired) electrons. The van der Waals surface area contributed by atoms with E-state index in [1.54, 1.807) is 29.9 Å². The number of aliphatic hydroxyl groups is 1. The summed E-state index contributed by atoms with van der Waals surface area (Å²) < 4.78 is 15.5. The highest BCUT2D eigenvalue weighted by Gasteiger charge is 2.30. The van der Waals surface area contributed by atoms with E-state index >= 15 is 0 Å². The molecule has 5 heterocycles. The molecule has 0 bridgehead atoms. The first-order chi connectivity index (χ1) is 15.5. The van der Waals surface area contributed by atoms with E-state index in [-0.39, 0.29) is 11.6 Å². The van der Waals surface area contributed by atoms with Gasteiger partial charge in [0, 0.05) is 36.6 Å². The minimum Gasteiger partial charge on any atom is -0.393 e. The molecule has 9 nitrogen and oxygen atoms in total. The number of fused-ring (bicyclic) bond motifs is 1. The van der Waals surface area contributed by atoms with Crippen LogP contribution >= 0.6 is 0 Å². The largest absolute Gasteiger partial charge is 0.393 e. The van der Waals surface area contributed by atoms with Crippen LogP contribution < -0.4 is 10.5 Å². The van der Waals surface area contributed by atoms with Gasteiger partial charge in [0.2, 0.25) is 0 Å². The highest BCUT2D eigenvalue weighted by atomic mass is 19.1. The number of aromatic nitrogens is 6. The van der Waals surface area contributed by atoms with Crippen molar-refractivity contribution in [3.63, 3.8) is 0 Å². The van der Waals surface area contributed by atoms with Crippen LogP contribution in [0.5, 0.6) is 0 Å². The fourth-order valence-corrected chi connectivity index (χ4v) is 4.19. The fraction of sp³-hybridized carbons (Fsp3) is 0.318. The van der Waals surface area contributed by atoms with Crippen molar-refractivity contribution in [2.45, 2.75) is 38.3 Å². The van der Waals surface area contributed by atoms with E-state index in [1.165, 1.54) is 6.07 Å². The van der Waals surface area contributed by atoms with Crippen molar-refractivity contribution in [1.29, 1.82) is 0 Å². The third-order valence-corrected chi connectivity index (χ3v) is 5.60. The summed E-state index contributed by atoms with van der Waals surface area (Å²) in [5.41, 5.74) is 2.07. The van der Waals surface area contributed by atoms with Crippen molar-refractivity contribution in [3.8, 4) is 11.5 Å². The van der Waals surface area contributed by atoms with Crippen molar-refractivity contribution >= 4 is 11.5 Å². The Morgan fingerprint density at radius 2 is 2.19 bits per heavy atom. The second-order valence-electron chi connectivity index (χ2n) is 7.98. The van der Waals surface area contributed by atoms with Crippen molar-refractivity contribution in [2.75, 3.05) is 11.4 Å². The molecule has 0 aliphatic carbocycles. The van der Waals surface area contributed by atoms with Crippen LogP contribution in [0, 0.1) is 5.82 Å². The quantitative estimate of drug-likeness (QED) is 0.495. The predicted molar refractivity (Wildman–Crippen MR) is 116 cm³/mol. The summed E-state index contributed by atoms with van der Waals surface area (Å²) >= 11 is 0. The van der Waals surface area contributed by atoms with Crippen LogP contribution in [0.25, 0.3) is 17.2 Å². The number of nitrogens with one attached hydrogen (secondary N) is 1. The van der Waals surface area contributed by atoms with Gasteiger partial charge in [0.05, 0.1) is 18.3 Å². The number of rotatable bonds is 5. The van der Waals surface area contributed by atoms with Crippen LogP contribution in [0.2, 0.25) is 0 Å². The van der Waals surface area contributed by atoms with E-state index in [2.05, 4.69) is 19.9 Å². The van der Waals surface area contributed by atoms with Gasteiger partial charge in [0.15, 0.2) is 11.5 Å². The Balaban J connectivity index is 1.54. The van der Waals surface area contributed by atoms with Gasteiger partial charge in [-0.05, 0) is 44.0 Å². The summed E-state index contributed by atoms with van der Waals surface area (Å²) in [6.45, 7) is 2.41. The van der Waals surface area contributed by atoms with Crippen molar-refractivity contribution in [1.82, 2.24) is 29.5 Å². The van der Waals surface area contributed by atoms with Gasteiger partial charge in [-0.25, -0.2) is 23.9 Å². The molecule has 0 amide bonds. The van der Waals surface area contributed by atoms with Gasteiger partial charge in [-0.1, -0.05) is 0 Å². The Hall–Kier alpha value is -3.66. The highest BCUT2D eigenvalue weighted by molar-refractivity contribution is 5.58. The lowest BCUT2D eigenvalue weighted by Gasteiger charge is -2.25. The Bertz CT molecular complexity index is 1330. The normalized spacial score (nSPS) is 17.2. The SMILES string of the molecule is C[C@@H](O)Cc1ccnc(-c2cnc3ccc(N4CCC[C@@H]4c4cc(F)c[nH]c4=O)nn23)n1. The summed E-state index contributed by atoms with van der Waals surface area (Å²) in [4.78, 5) is 30.1. The van der Waals surface area contributed by atoms with Crippen LogP contribution in [0.3, 0.4) is 0 Å². The maximum atomic E-state index is 13.8. The first kappa shape index (κ1) is 20.3. The molecule has 5 rings (SSSR count). The number of aliphatic hydroxyl groups excluding tert-OH is 1. The Morgan fingerprint density at radius 1 is 1.31 bits per heavy atom. The van der Waals surface area contributed by atoms with Gasteiger partial charge in [0.25, 0.3) is 5.56 Å². The first-order valence-corrected chi connectivity index (χ1v) is 10.5. The topological polar surface area (TPSA) is 112 Å². The van der Waals surface area contributed by atoms with Crippen molar-refractivity contribution in [2.24, 2.45) is 0 Å². The molecule has 4 aromatic heterocycles. The fourth-order valence-electron chi connectivity index (χ4n) is 4.19. The number of hydrogen-bond acceptors (Lipinski definition) is 7. The summed E-state index contributed by atoms with van der Waals surface area (Å²) in [7, 11) is 0. The number of halogens is 1. The number of hydrogen-bond donors (Lipinski definition) is 2. The average molecular weight is 435 g/mol. The summed E-state index contributed by atoms with van der Waals surface area (Å²) in [5.74, 6) is 0.642. The molecule has 10 heteroatoms. The smallest absolute Gasteiger partial charge is 0.253 e. The van der Waals surface area contributed by atoms with E-state index in [0.717, 1.165) is 24.7 Å². The maximum Gasteiger partial charge on any atom is 0.253 e. The molecule has 0 aromatic carbocycles. The molecule has 32 heavy (non-hydrogen) atoms. The maximum absolute atomic E-state index is 13.8. The van der Waals surface area contributed by atoms with Gasteiger partial charge >= 0.3 is 0 Å². The van der Waals surface area contributed by atoms with Gasteiger partial charge in [-0.15, -0.1) is 5.10 Å². The molecule has 0 saturated carbocycles. The molecule has 4 aromatic rings. The van der Waals surface area contributed by atoms with E-state index in [0.29, 0.717) is 41.5 Å². The molecule has 0 spiro atoms. The minimum absolute atomic E-state index is 0.267. The molecule has 164 valence electrons. The Labute approximate surface area is 182 Å². The molecule has 0 unspecified atom stereocenters. The van der Waals surface area contributed by atoms with Gasteiger partial charge in [0.1, 0.15) is 17.3 Å². The van der Waals surface area contributed by atoms with Crippen molar-refractivity contribution in [3.05, 3.63) is 70.3 Å². The average Bonchev–Trinajstić information content (AvgIpc) is 3.42. The third kappa shape index (κ3) is 3.73. The number of aromatic amines is 1. The Kier molecular flexibility index (Phi) is 5.14. The molecule has 1 fully saturated rings. The molecule has 1 aliphatic heterocycles. The van der Waals surface area contributed by atoms with Gasteiger partial charge < -0.3 is 15.0 Å². The zero-order valence-electron chi connectivity index (χ0n) is 17.4. The summed E-state index contributed by atoms with van der Waals surface area (Å²) in [6, 6.07) is 6.49. The van der Waals surface area contributed by atoms with Crippen LogP contribution in [-0.4, -0.2) is 47.3 Å². The number of H-pyrrole nitrogens is 1. The monoisotopic (exact) mass is 435 g/mol. The van der Waals surface area contributed by atoms with Crippen LogP contribution in [0.4, 0.5) is 10.2 Å². The van der Waals surface area contributed by atoms with E-state index < -0.39 is 11.9 Å². The lowest BCUT2D eigenvalue weighted by Crippen LogP contribution is -2.29. The van der Waals surface area contributed by atoms with Crippen LogP contribution in [-0.2, 0) is 6.42 Å². The molecular formula is C22H22FN7O2. The highest BCUT2D eigenvalue weighted by Crippen LogP contribution is 2.34. The molecular weight excluding hydrogens is 413 g/mol. The van der Waals surface area contributed by atoms with Gasteiger partial charge in [-0.2, -0.15) is 0 Å². The predicted octanol–water partition coefficient (Wildman–Crippen LogP) is 2.28. The number of anilines is 1. The van der Waals surface area contributed by atoms with E-state index in [1.807, 2.05) is 17.0 Å². The second-order valence-corrected chi connectivity index (χ2v) is 7.98. The third-order valence-electron chi connectivity index (χ3n) is 5.60. The summed E-state index contributed by atoms with van der Waals surface area (Å²) in [6.07, 6.45) is 5.88. The van der Waals surface area contributed by atoms with Crippen molar-refractivity contribution < 1.29 is 9.50 Å². The first-order valence-electron chi connectivity index (χ1n) is 10.5. The minimum atomic E-state index is -0.511. The lowest BCUT2D eigenvalue weighted by atomic mass is 10.1. The number of pyridine rings is 1. The van der Waals surface area contributed by atoms with Crippen LogP contribution in [0.1, 0.15) is 37.1 Å². The van der Waals surface area contributed by atoms with Crippen LogP contribution in [0.15, 0.2) is 47.7 Å². The summed E-state index contributed by atoms with van der Waals surface area (Å²) in [5, 5.41) is 14.4.